The minimum Gasteiger partial charge on any atom is -0.379 e. The van der Waals surface area contributed by atoms with E-state index in [1.54, 1.807) is 0 Å². The molecule has 1 aliphatic rings. The summed E-state index contributed by atoms with van der Waals surface area (Å²) in [4.78, 5) is 19.1. The smallest absolute Gasteiger partial charge is 0.0896 e. The van der Waals surface area contributed by atoms with Gasteiger partial charge in [-0.3, -0.25) is 9.97 Å². The number of hydrogen-bond donors (Lipinski definition) is 1. The van der Waals surface area contributed by atoms with Crippen molar-refractivity contribution in [3.8, 4) is 56.0 Å². The number of benzene rings is 4. The Kier molecular flexibility index (Phi) is 7.48. The topological polar surface area (TPSA) is 63.6 Å². The number of rotatable bonds is 6. The highest BCUT2D eigenvalue weighted by Crippen LogP contribution is 2.40. The molecule has 5 nitrogen and oxygen atoms in total. The summed E-state index contributed by atoms with van der Waals surface area (Å²) in [5, 5.41) is 6.86. The Hall–Kier alpha value is -6.72. The lowest BCUT2D eigenvalue weighted by atomic mass is 9.91. The molecule has 4 aromatic heterocycles. The van der Waals surface area contributed by atoms with Crippen LogP contribution in [0.2, 0.25) is 0 Å². The Bertz CT molecular complexity index is 2540. The molecule has 0 spiro atoms. The van der Waals surface area contributed by atoms with Gasteiger partial charge in [0.25, 0.3) is 0 Å². The van der Waals surface area contributed by atoms with E-state index in [9.17, 15) is 0 Å². The molecule has 0 bridgehead atoms. The van der Waals surface area contributed by atoms with Gasteiger partial charge in [0, 0.05) is 40.3 Å². The van der Waals surface area contributed by atoms with Gasteiger partial charge in [-0.05, 0) is 94.2 Å². The van der Waals surface area contributed by atoms with Gasteiger partial charge in [-0.2, -0.15) is 0 Å². The Morgan fingerprint density at radius 1 is 0.500 bits per heavy atom. The van der Waals surface area contributed by atoms with Crippen molar-refractivity contribution in [1.82, 2.24) is 25.3 Å². The molecule has 1 unspecified atom stereocenters. The third-order valence-electron chi connectivity index (χ3n) is 9.29. The molecule has 1 N–H and O–H groups in total. The van der Waals surface area contributed by atoms with E-state index in [0.717, 1.165) is 66.9 Å². The van der Waals surface area contributed by atoms with Gasteiger partial charge < -0.3 is 5.32 Å². The summed E-state index contributed by atoms with van der Waals surface area (Å²) in [6, 6.07) is 46.8. The fourth-order valence-electron chi connectivity index (χ4n) is 6.83. The molecule has 5 heterocycles. The minimum absolute atomic E-state index is 0.0115. The number of nitrogens with one attached hydrogen (secondary N) is 1. The highest BCUT2D eigenvalue weighted by Gasteiger charge is 2.17. The molecule has 236 valence electrons. The first-order valence-corrected chi connectivity index (χ1v) is 16.7. The summed E-state index contributed by atoms with van der Waals surface area (Å²) in [6.45, 7) is 0. The average Bonchev–Trinajstić information content (AvgIpc) is 3.21. The van der Waals surface area contributed by atoms with Crippen molar-refractivity contribution in [2.75, 3.05) is 0 Å². The Morgan fingerprint density at radius 2 is 1.30 bits per heavy atom. The summed E-state index contributed by atoms with van der Waals surface area (Å²) < 4.78 is 0. The second-order valence-corrected chi connectivity index (χ2v) is 12.4. The van der Waals surface area contributed by atoms with E-state index in [1.165, 1.54) is 16.5 Å². The van der Waals surface area contributed by atoms with Crippen molar-refractivity contribution >= 4 is 21.7 Å². The normalized spacial score (nSPS) is 13.8. The second kappa shape index (κ2) is 12.7. The zero-order valence-electron chi connectivity index (χ0n) is 27.1. The van der Waals surface area contributed by atoms with Crippen molar-refractivity contribution in [2.24, 2.45) is 0 Å². The van der Waals surface area contributed by atoms with E-state index >= 15 is 0 Å². The first-order chi connectivity index (χ1) is 24.8. The van der Waals surface area contributed by atoms with Crippen molar-refractivity contribution in [1.29, 1.82) is 0 Å². The van der Waals surface area contributed by atoms with Gasteiger partial charge in [0.15, 0.2) is 0 Å². The van der Waals surface area contributed by atoms with Gasteiger partial charge in [-0.25, -0.2) is 9.97 Å². The molecule has 4 aromatic carbocycles. The zero-order valence-corrected chi connectivity index (χ0v) is 27.1. The average molecular weight is 642 g/mol. The predicted octanol–water partition coefficient (Wildman–Crippen LogP) is 10.6. The van der Waals surface area contributed by atoms with Crippen LogP contribution < -0.4 is 5.32 Å². The molecule has 0 radical (unpaired) electrons. The fraction of sp³-hybridized carbons (Fsp3) is 0.0222. The van der Waals surface area contributed by atoms with Crippen LogP contribution in [0.25, 0.3) is 77.7 Å². The van der Waals surface area contributed by atoms with Crippen molar-refractivity contribution in [2.45, 2.75) is 6.04 Å². The standard InChI is InChI=1S/C45H31N5/c1-2-9-32(10-3-1)36-11-8-12-37-44(36)38-27-34(19-20-39(38)50-45(37)33-21-25-46-26-22-33)30-15-17-31(18-16-30)35-28-42(40-13-4-6-23-47-40)49-43(29-35)41-14-5-7-24-48-41/h1-29,40,47H. The van der Waals surface area contributed by atoms with Gasteiger partial charge in [0.2, 0.25) is 0 Å². The van der Waals surface area contributed by atoms with E-state index in [4.69, 9.17) is 9.97 Å². The summed E-state index contributed by atoms with van der Waals surface area (Å²) >= 11 is 0. The van der Waals surface area contributed by atoms with Crippen LogP contribution in [-0.4, -0.2) is 19.9 Å². The molecular formula is C45H31N5. The molecule has 50 heavy (non-hydrogen) atoms. The van der Waals surface area contributed by atoms with Crippen LogP contribution in [0.1, 0.15) is 11.7 Å². The number of allylic oxidation sites excluding steroid dienone is 2. The molecule has 0 aliphatic carbocycles. The van der Waals surface area contributed by atoms with Crippen LogP contribution in [-0.2, 0) is 0 Å². The summed E-state index contributed by atoms with van der Waals surface area (Å²) in [6.07, 6.45) is 13.6. The zero-order chi connectivity index (χ0) is 33.3. The van der Waals surface area contributed by atoms with E-state index in [-0.39, 0.29) is 6.04 Å². The highest BCUT2D eigenvalue weighted by atomic mass is 14.9. The van der Waals surface area contributed by atoms with Crippen LogP contribution in [0.5, 0.6) is 0 Å². The lowest BCUT2D eigenvalue weighted by Gasteiger charge is -2.18. The van der Waals surface area contributed by atoms with Gasteiger partial charge in [-0.15, -0.1) is 0 Å². The fourth-order valence-corrected chi connectivity index (χ4v) is 6.83. The molecule has 1 atom stereocenters. The lowest BCUT2D eigenvalue weighted by molar-refractivity contribution is 0.722. The van der Waals surface area contributed by atoms with Gasteiger partial charge in [0.1, 0.15) is 0 Å². The maximum absolute atomic E-state index is 5.22. The van der Waals surface area contributed by atoms with E-state index in [1.807, 2.05) is 61.2 Å². The first-order valence-electron chi connectivity index (χ1n) is 16.7. The largest absolute Gasteiger partial charge is 0.379 e. The molecule has 1 aliphatic heterocycles. The van der Waals surface area contributed by atoms with E-state index in [0.29, 0.717) is 0 Å². The molecular weight excluding hydrogens is 611 g/mol. The predicted molar refractivity (Wildman–Crippen MR) is 204 cm³/mol. The van der Waals surface area contributed by atoms with Crippen LogP contribution >= 0.6 is 0 Å². The van der Waals surface area contributed by atoms with Crippen LogP contribution in [0.15, 0.2) is 176 Å². The van der Waals surface area contributed by atoms with Crippen LogP contribution in [0.3, 0.4) is 0 Å². The monoisotopic (exact) mass is 641 g/mol. The SMILES string of the molecule is C1=CNC(c2cc(-c3ccc(-c4ccc5nc(-c6ccncc6)c6cccc(-c7ccccc7)c6c5c4)cc3)cc(-c3ccccn3)n2)C=C1. The molecule has 0 amide bonds. The Morgan fingerprint density at radius 3 is 2.08 bits per heavy atom. The number of dihydropyridines is 1. The molecule has 9 rings (SSSR count). The van der Waals surface area contributed by atoms with Gasteiger partial charge in [-0.1, -0.05) is 97.1 Å². The van der Waals surface area contributed by atoms with Crippen molar-refractivity contribution in [3.05, 3.63) is 182 Å². The quantitative estimate of drug-likeness (QED) is 0.183. The number of pyridine rings is 4. The molecule has 0 fully saturated rings. The lowest BCUT2D eigenvalue weighted by Crippen LogP contribution is -2.16. The van der Waals surface area contributed by atoms with Crippen LogP contribution in [0.4, 0.5) is 0 Å². The number of nitrogens with zero attached hydrogens (tertiary/aromatic N) is 4. The summed E-state index contributed by atoms with van der Waals surface area (Å²) in [5.41, 5.74) is 12.5. The molecule has 5 heteroatoms. The Labute approximate surface area is 290 Å². The second-order valence-electron chi connectivity index (χ2n) is 12.4. The first kappa shape index (κ1) is 29.4. The number of fused-ring (bicyclic) bond motifs is 3. The highest BCUT2D eigenvalue weighted by molar-refractivity contribution is 6.17. The summed E-state index contributed by atoms with van der Waals surface area (Å²) in [5.74, 6) is 0. The van der Waals surface area contributed by atoms with E-state index in [2.05, 4.69) is 131 Å². The third-order valence-corrected chi connectivity index (χ3v) is 9.29. The third kappa shape index (κ3) is 5.51. The van der Waals surface area contributed by atoms with Crippen molar-refractivity contribution in [3.63, 3.8) is 0 Å². The summed E-state index contributed by atoms with van der Waals surface area (Å²) in [7, 11) is 0. The maximum atomic E-state index is 5.22. The van der Waals surface area contributed by atoms with Crippen LogP contribution in [0, 0.1) is 0 Å². The van der Waals surface area contributed by atoms with Gasteiger partial charge in [0.05, 0.1) is 34.3 Å². The van der Waals surface area contributed by atoms with Gasteiger partial charge >= 0.3 is 0 Å². The molecule has 0 saturated carbocycles. The maximum Gasteiger partial charge on any atom is 0.0896 e. The number of aromatic nitrogens is 4. The molecule has 8 aromatic rings. The minimum atomic E-state index is -0.0115. The number of hydrogen-bond acceptors (Lipinski definition) is 5. The molecule has 0 saturated heterocycles. The van der Waals surface area contributed by atoms with Crippen molar-refractivity contribution < 1.29 is 0 Å². The van der Waals surface area contributed by atoms with E-state index < -0.39 is 0 Å². The Balaban J connectivity index is 1.16.